The number of fused-ring (bicyclic) bond motifs is 1. The van der Waals surface area contributed by atoms with Gasteiger partial charge in [0.15, 0.2) is 0 Å². The summed E-state index contributed by atoms with van der Waals surface area (Å²) < 4.78 is 27.0. The summed E-state index contributed by atoms with van der Waals surface area (Å²) >= 11 is 6.24. The van der Waals surface area contributed by atoms with Crippen LogP contribution in [0.25, 0.3) is 10.8 Å². The van der Waals surface area contributed by atoms with E-state index in [4.69, 9.17) is 11.6 Å². The summed E-state index contributed by atoms with van der Waals surface area (Å²) in [4.78, 5) is 13.0. The van der Waals surface area contributed by atoms with Crippen molar-refractivity contribution in [1.82, 2.24) is 9.62 Å². The van der Waals surface area contributed by atoms with Crippen LogP contribution in [0.4, 0.5) is 0 Å². The summed E-state index contributed by atoms with van der Waals surface area (Å²) in [5, 5.41) is 5.29. The van der Waals surface area contributed by atoms with Crippen molar-refractivity contribution in [2.24, 2.45) is 0 Å². The second-order valence-corrected chi connectivity index (χ2v) is 9.34. The highest BCUT2D eigenvalue weighted by Gasteiger charge is 2.24. The van der Waals surface area contributed by atoms with Crippen LogP contribution in [-0.4, -0.2) is 31.7 Å². The molecule has 3 aromatic carbocycles. The van der Waals surface area contributed by atoms with E-state index in [1.54, 1.807) is 13.8 Å². The molecule has 0 aliphatic heterocycles. The van der Waals surface area contributed by atoms with Crippen LogP contribution in [0.3, 0.4) is 0 Å². The summed E-state index contributed by atoms with van der Waals surface area (Å²) in [7, 11) is -3.69. The first-order valence-electron chi connectivity index (χ1n) is 9.87. The molecule has 5 nitrogen and oxygen atoms in total. The van der Waals surface area contributed by atoms with Gasteiger partial charge in [0.2, 0.25) is 10.0 Å². The first-order valence-corrected chi connectivity index (χ1v) is 11.7. The monoisotopic (exact) mass is 444 g/mol. The fourth-order valence-electron chi connectivity index (χ4n) is 3.53. The number of halogens is 1. The summed E-state index contributed by atoms with van der Waals surface area (Å²) in [6, 6.07) is 17.8. The molecule has 30 heavy (non-hydrogen) atoms. The van der Waals surface area contributed by atoms with Crippen LogP contribution in [0.1, 0.15) is 42.7 Å². The third kappa shape index (κ3) is 4.36. The molecule has 1 atom stereocenters. The summed E-state index contributed by atoms with van der Waals surface area (Å²) in [5.41, 5.74) is 1.11. The zero-order valence-electron chi connectivity index (χ0n) is 17.2. The number of sulfonamides is 1. The first-order chi connectivity index (χ1) is 14.3. The molecule has 0 aliphatic rings. The molecule has 0 fully saturated rings. The van der Waals surface area contributed by atoms with Gasteiger partial charge < -0.3 is 5.32 Å². The Kier molecular flexibility index (Phi) is 6.81. The number of hydrogen-bond acceptors (Lipinski definition) is 3. The molecule has 0 spiro atoms. The number of hydrogen-bond donors (Lipinski definition) is 1. The van der Waals surface area contributed by atoms with Crippen molar-refractivity contribution < 1.29 is 13.2 Å². The third-order valence-corrected chi connectivity index (χ3v) is 7.54. The van der Waals surface area contributed by atoms with Crippen molar-refractivity contribution in [2.45, 2.75) is 31.7 Å². The Labute approximate surface area is 182 Å². The minimum atomic E-state index is -3.69. The molecular formula is C23H25ClN2O3S. The molecular weight excluding hydrogens is 420 g/mol. The van der Waals surface area contributed by atoms with Gasteiger partial charge in [0.1, 0.15) is 0 Å². The van der Waals surface area contributed by atoms with Crippen LogP contribution in [0.2, 0.25) is 5.02 Å². The highest BCUT2D eigenvalue weighted by Crippen LogP contribution is 2.26. The molecule has 0 aliphatic carbocycles. The van der Waals surface area contributed by atoms with Crippen LogP contribution in [0.15, 0.2) is 65.6 Å². The minimum absolute atomic E-state index is 0.0542. The molecule has 1 amide bonds. The smallest absolute Gasteiger partial charge is 0.253 e. The molecule has 0 radical (unpaired) electrons. The first kappa shape index (κ1) is 22.3. The molecule has 0 saturated carbocycles. The quantitative estimate of drug-likeness (QED) is 0.556. The van der Waals surface area contributed by atoms with E-state index >= 15 is 0 Å². The molecule has 3 rings (SSSR count). The molecule has 0 aromatic heterocycles. The third-order valence-electron chi connectivity index (χ3n) is 5.16. The van der Waals surface area contributed by atoms with Gasteiger partial charge in [-0.15, -0.1) is 0 Å². The second-order valence-electron chi connectivity index (χ2n) is 6.99. The predicted molar refractivity (Wildman–Crippen MR) is 121 cm³/mol. The summed E-state index contributed by atoms with van der Waals surface area (Å²) in [6.07, 6.45) is 0. The van der Waals surface area contributed by atoms with Gasteiger partial charge in [-0.25, -0.2) is 8.42 Å². The lowest BCUT2D eigenvalue weighted by Gasteiger charge is -2.20. The average Bonchev–Trinajstić information content (AvgIpc) is 2.74. The molecule has 7 heteroatoms. The molecule has 1 N–H and O–H groups in total. The Morgan fingerprint density at radius 1 is 1.03 bits per heavy atom. The van der Waals surface area contributed by atoms with Gasteiger partial charge in [-0.1, -0.05) is 67.9 Å². The second kappa shape index (κ2) is 9.16. The van der Waals surface area contributed by atoms with Crippen molar-refractivity contribution in [3.8, 4) is 0 Å². The zero-order chi connectivity index (χ0) is 21.9. The summed E-state index contributed by atoms with van der Waals surface area (Å²) in [6.45, 7) is 6.14. The number of nitrogens with one attached hydrogen (secondary N) is 1. The number of amides is 1. The maximum atomic E-state index is 13.0. The van der Waals surface area contributed by atoms with Crippen molar-refractivity contribution in [3.63, 3.8) is 0 Å². The van der Waals surface area contributed by atoms with Gasteiger partial charge >= 0.3 is 0 Å². The Balaban J connectivity index is 1.92. The van der Waals surface area contributed by atoms with E-state index in [1.165, 1.54) is 22.5 Å². The summed E-state index contributed by atoms with van der Waals surface area (Å²) in [5.74, 6) is -0.419. The highest BCUT2D eigenvalue weighted by atomic mass is 35.5. The van der Waals surface area contributed by atoms with Gasteiger partial charge in [0, 0.05) is 13.1 Å². The van der Waals surface area contributed by atoms with E-state index < -0.39 is 15.9 Å². The Morgan fingerprint density at radius 2 is 1.70 bits per heavy atom. The number of nitrogens with zero attached hydrogens (tertiary/aromatic N) is 1. The van der Waals surface area contributed by atoms with Gasteiger partial charge in [-0.3, -0.25) is 4.79 Å². The van der Waals surface area contributed by atoms with Gasteiger partial charge in [-0.2, -0.15) is 4.31 Å². The van der Waals surface area contributed by atoms with E-state index in [0.717, 1.165) is 16.3 Å². The van der Waals surface area contributed by atoms with Gasteiger partial charge in [0.05, 0.1) is 21.5 Å². The van der Waals surface area contributed by atoms with Crippen LogP contribution in [-0.2, 0) is 10.0 Å². The van der Waals surface area contributed by atoms with Crippen LogP contribution in [0.5, 0.6) is 0 Å². The van der Waals surface area contributed by atoms with Gasteiger partial charge in [0.25, 0.3) is 5.91 Å². The fraction of sp³-hybridized carbons (Fsp3) is 0.261. The molecule has 3 aromatic rings. The molecule has 0 bridgehead atoms. The van der Waals surface area contributed by atoms with Crippen LogP contribution in [0, 0.1) is 0 Å². The van der Waals surface area contributed by atoms with E-state index in [9.17, 15) is 13.2 Å². The highest BCUT2D eigenvalue weighted by molar-refractivity contribution is 7.89. The standard InChI is InChI=1S/C23H25ClN2O3S/c1-4-26(5-2)30(28,29)18-13-14-22(24)21(15-18)23(27)25-16(3)19-12-8-10-17-9-6-7-11-20(17)19/h6-16H,4-5H2,1-3H3,(H,25,27). The zero-order valence-corrected chi connectivity index (χ0v) is 18.8. The number of carbonyl (C=O) groups is 1. The predicted octanol–water partition coefficient (Wildman–Crippen LogP) is 5.01. The van der Waals surface area contributed by atoms with Crippen LogP contribution < -0.4 is 5.32 Å². The van der Waals surface area contributed by atoms with E-state index in [1.807, 2.05) is 49.4 Å². The van der Waals surface area contributed by atoms with E-state index in [2.05, 4.69) is 5.32 Å². The lowest BCUT2D eigenvalue weighted by Crippen LogP contribution is -2.31. The van der Waals surface area contributed by atoms with Crippen molar-refractivity contribution in [1.29, 1.82) is 0 Å². The van der Waals surface area contributed by atoms with Gasteiger partial charge in [-0.05, 0) is 41.5 Å². The average molecular weight is 445 g/mol. The van der Waals surface area contributed by atoms with E-state index in [-0.39, 0.29) is 21.5 Å². The topological polar surface area (TPSA) is 66.5 Å². The SMILES string of the molecule is CCN(CC)S(=O)(=O)c1ccc(Cl)c(C(=O)NC(C)c2cccc3ccccc23)c1. The molecule has 1 unspecified atom stereocenters. The lowest BCUT2D eigenvalue weighted by atomic mass is 9.99. The maximum absolute atomic E-state index is 13.0. The normalized spacial score (nSPS) is 12.8. The van der Waals surface area contributed by atoms with Crippen molar-refractivity contribution >= 4 is 38.3 Å². The van der Waals surface area contributed by atoms with E-state index in [0.29, 0.717) is 13.1 Å². The number of benzene rings is 3. The molecule has 158 valence electrons. The van der Waals surface area contributed by atoms with Crippen molar-refractivity contribution in [3.05, 3.63) is 76.8 Å². The largest absolute Gasteiger partial charge is 0.345 e. The van der Waals surface area contributed by atoms with Crippen molar-refractivity contribution in [2.75, 3.05) is 13.1 Å². The Hall–Kier alpha value is -2.41. The number of rotatable bonds is 7. The molecule has 0 heterocycles. The van der Waals surface area contributed by atoms with Crippen LogP contribution >= 0.6 is 11.6 Å². The maximum Gasteiger partial charge on any atom is 0.253 e. The fourth-order valence-corrected chi connectivity index (χ4v) is 5.22. The minimum Gasteiger partial charge on any atom is -0.345 e. The molecule has 0 saturated heterocycles. The Morgan fingerprint density at radius 3 is 2.40 bits per heavy atom. The number of carbonyl (C=O) groups excluding carboxylic acids is 1. The lowest BCUT2D eigenvalue weighted by molar-refractivity contribution is 0.0940. The Bertz CT molecular complexity index is 1170.